The van der Waals surface area contributed by atoms with Crippen molar-refractivity contribution in [1.82, 2.24) is 14.4 Å². The van der Waals surface area contributed by atoms with Gasteiger partial charge in [-0.1, -0.05) is 13.8 Å². The number of hydrogen-bond donors (Lipinski definition) is 2. The van der Waals surface area contributed by atoms with Crippen molar-refractivity contribution in [1.29, 1.82) is 0 Å². The van der Waals surface area contributed by atoms with Crippen LogP contribution in [0.15, 0.2) is 18.6 Å². The monoisotopic (exact) mass is 260 g/mol. The molecule has 6 nitrogen and oxygen atoms in total. The molecule has 3 rings (SSSR count). The van der Waals surface area contributed by atoms with Gasteiger partial charge in [-0.25, -0.2) is 15.8 Å². The molecule has 0 aliphatic carbocycles. The predicted molar refractivity (Wildman–Crippen MR) is 76.0 cm³/mol. The summed E-state index contributed by atoms with van der Waals surface area (Å²) in [5.74, 6) is 8.50. The molecule has 3 N–H and O–H groups in total. The summed E-state index contributed by atoms with van der Waals surface area (Å²) < 4.78 is 1.96. The van der Waals surface area contributed by atoms with Crippen molar-refractivity contribution in [2.75, 3.05) is 23.4 Å². The summed E-state index contributed by atoms with van der Waals surface area (Å²) in [6, 6.07) is 0. The van der Waals surface area contributed by atoms with Crippen LogP contribution in [0.25, 0.3) is 5.65 Å². The summed E-state index contributed by atoms with van der Waals surface area (Å²) in [6.07, 6.45) is 6.74. The molecule has 0 saturated carbocycles. The smallest absolute Gasteiger partial charge is 0.180 e. The molecule has 0 spiro atoms. The van der Waals surface area contributed by atoms with Crippen LogP contribution in [0, 0.1) is 11.8 Å². The summed E-state index contributed by atoms with van der Waals surface area (Å²) in [4.78, 5) is 11.3. The van der Waals surface area contributed by atoms with Crippen molar-refractivity contribution in [3.05, 3.63) is 18.6 Å². The molecule has 2 aromatic rings. The highest BCUT2D eigenvalue weighted by molar-refractivity contribution is 5.66. The number of rotatable bonds is 2. The van der Waals surface area contributed by atoms with E-state index >= 15 is 0 Å². The molecule has 0 bridgehead atoms. The highest BCUT2D eigenvalue weighted by Crippen LogP contribution is 2.28. The summed E-state index contributed by atoms with van der Waals surface area (Å²) in [5, 5.41) is 0. The van der Waals surface area contributed by atoms with Gasteiger partial charge < -0.3 is 14.7 Å². The van der Waals surface area contributed by atoms with Crippen LogP contribution in [0.4, 0.5) is 11.6 Å². The molecular formula is C13H20N6. The molecule has 19 heavy (non-hydrogen) atoms. The summed E-state index contributed by atoms with van der Waals surface area (Å²) in [6.45, 7) is 6.66. The van der Waals surface area contributed by atoms with Gasteiger partial charge in [-0.05, 0) is 18.3 Å². The number of anilines is 2. The largest absolute Gasteiger partial charge is 0.353 e. The van der Waals surface area contributed by atoms with Crippen molar-refractivity contribution < 1.29 is 0 Å². The van der Waals surface area contributed by atoms with E-state index in [1.807, 2.05) is 16.8 Å². The van der Waals surface area contributed by atoms with Gasteiger partial charge in [-0.15, -0.1) is 0 Å². The van der Waals surface area contributed by atoms with Gasteiger partial charge >= 0.3 is 0 Å². The van der Waals surface area contributed by atoms with Crippen molar-refractivity contribution in [2.45, 2.75) is 20.3 Å². The Morgan fingerprint density at radius 2 is 2.21 bits per heavy atom. The quantitative estimate of drug-likeness (QED) is 0.632. The fourth-order valence-corrected chi connectivity index (χ4v) is 2.65. The molecule has 1 aliphatic rings. The molecule has 102 valence electrons. The molecule has 2 atom stereocenters. The minimum atomic E-state index is 0.659. The number of nitrogens with zero attached hydrogens (tertiary/aromatic N) is 4. The summed E-state index contributed by atoms with van der Waals surface area (Å²) >= 11 is 0. The number of hydrogen-bond acceptors (Lipinski definition) is 5. The zero-order valence-electron chi connectivity index (χ0n) is 11.4. The van der Waals surface area contributed by atoms with Crippen LogP contribution < -0.4 is 16.2 Å². The molecule has 1 saturated heterocycles. The first kappa shape index (κ1) is 12.2. The van der Waals surface area contributed by atoms with Crippen LogP contribution >= 0.6 is 0 Å². The second kappa shape index (κ2) is 4.70. The number of nitrogens with one attached hydrogen (secondary N) is 1. The maximum absolute atomic E-state index is 5.49. The average Bonchev–Trinajstić information content (AvgIpc) is 2.89. The SMILES string of the molecule is CC1CCN(c2nc(NN)cn3ccnc23)CC1C. The van der Waals surface area contributed by atoms with E-state index in [0.29, 0.717) is 11.7 Å². The van der Waals surface area contributed by atoms with Crippen molar-refractivity contribution in [2.24, 2.45) is 17.7 Å². The molecule has 0 aromatic carbocycles. The van der Waals surface area contributed by atoms with Crippen LogP contribution in [-0.2, 0) is 0 Å². The van der Waals surface area contributed by atoms with Crippen molar-refractivity contribution >= 4 is 17.3 Å². The molecule has 2 aromatic heterocycles. The topological polar surface area (TPSA) is 71.5 Å². The Kier molecular flexibility index (Phi) is 3.02. The molecule has 1 aliphatic heterocycles. The molecule has 0 radical (unpaired) electrons. The number of aromatic nitrogens is 3. The normalized spacial score (nSPS) is 23.8. The number of imidazole rings is 1. The predicted octanol–water partition coefficient (Wildman–Crippen LogP) is 1.50. The Balaban J connectivity index is 2.01. The van der Waals surface area contributed by atoms with Crippen LogP contribution in [0.1, 0.15) is 20.3 Å². The van der Waals surface area contributed by atoms with E-state index in [1.165, 1.54) is 6.42 Å². The second-order valence-electron chi connectivity index (χ2n) is 5.44. The zero-order valence-corrected chi connectivity index (χ0v) is 11.4. The maximum Gasteiger partial charge on any atom is 0.180 e. The van der Waals surface area contributed by atoms with Gasteiger partial charge in [0.05, 0.1) is 6.20 Å². The van der Waals surface area contributed by atoms with E-state index < -0.39 is 0 Å². The van der Waals surface area contributed by atoms with E-state index in [0.717, 1.165) is 30.5 Å². The molecule has 0 amide bonds. The number of hydrazine groups is 1. The van der Waals surface area contributed by atoms with Gasteiger partial charge in [0.2, 0.25) is 0 Å². The molecular weight excluding hydrogens is 240 g/mol. The number of piperidine rings is 1. The van der Waals surface area contributed by atoms with Crippen molar-refractivity contribution in [3.63, 3.8) is 0 Å². The molecule has 2 unspecified atom stereocenters. The van der Waals surface area contributed by atoms with Crippen LogP contribution in [0.3, 0.4) is 0 Å². The third-order valence-electron chi connectivity index (χ3n) is 4.14. The highest BCUT2D eigenvalue weighted by Gasteiger charge is 2.25. The minimum Gasteiger partial charge on any atom is -0.353 e. The Bertz CT molecular complexity index is 578. The lowest BCUT2D eigenvalue weighted by Gasteiger charge is -2.36. The molecule has 6 heteroatoms. The van der Waals surface area contributed by atoms with E-state index in [2.05, 4.69) is 34.1 Å². The third kappa shape index (κ3) is 2.12. The Labute approximate surface area is 112 Å². The van der Waals surface area contributed by atoms with E-state index in [-0.39, 0.29) is 0 Å². The first-order valence-electron chi connectivity index (χ1n) is 6.74. The van der Waals surface area contributed by atoms with Gasteiger partial charge in [0.25, 0.3) is 0 Å². The average molecular weight is 260 g/mol. The van der Waals surface area contributed by atoms with Crippen LogP contribution in [0.5, 0.6) is 0 Å². The maximum atomic E-state index is 5.49. The van der Waals surface area contributed by atoms with E-state index in [1.54, 1.807) is 6.20 Å². The number of nitrogens with two attached hydrogens (primary N) is 1. The van der Waals surface area contributed by atoms with E-state index in [4.69, 9.17) is 5.84 Å². The van der Waals surface area contributed by atoms with Gasteiger partial charge in [0.15, 0.2) is 17.3 Å². The lowest BCUT2D eigenvalue weighted by atomic mass is 9.89. The number of fused-ring (bicyclic) bond motifs is 1. The van der Waals surface area contributed by atoms with E-state index in [9.17, 15) is 0 Å². The van der Waals surface area contributed by atoms with Gasteiger partial charge in [0.1, 0.15) is 0 Å². The fourth-order valence-electron chi connectivity index (χ4n) is 2.65. The van der Waals surface area contributed by atoms with Crippen molar-refractivity contribution in [3.8, 4) is 0 Å². The standard InChI is InChI=1S/C13H20N6/c1-9-3-5-18(7-10(9)2)13-12-15-4-6-19(12)8-11(16-13)17-14/h4,6,8-10,17H,3,5,7,14H2,1-2H3. The van der Waals surface area contributed by atoms with Gasteiger partial charge in [-0.2, -0.15) is 0 Å². The molecule has 1 fully saturated rings. The third-order valence-corrected chi connectivity index (χ3v) is 4.14. The zero-order chi connectivity index (χ0) is 13.4. The lowest BCUT2D eigenvalue weighted by molar-refractivity contribution is 0.323. The number of nitrogen functional groups attached to an aromatic ring is 1. The van der Waals surface area contributed by atoms with Gasteiger partial charge in [-0.3, -0.25) is 0 Å². The van der Waals surface area contributed by atoms with Crippen LogP contribution in [-0.4, -0.2) is 27.5 Å². The Hall–Kier alpha value is -1.82. The first-order chi connectivity index (χ1) is 9.19. The van der Waals surface area contributed by atoms with Crippen LogP contribution in [0.2, 0.25) is 0 Å². The summed E-state index contributed by atoms with van der Waals surface area (Å²) in [7, 11) is 0. The fraction of sp³-hybridized carbons (Fsp3) is 0.538. The van der Waals surface area contributed by atoms with Gasteiger partial charge in [0, 0.05) is 25.5 Å². The Morgan fingerprint density at radius 1 is 1.37 bits per heavy atom. The highest BCUT2D eigenvalue weighted by atomic mass is 15.3. The molecule has 3 heterocycles. The second-order valence-corrected chi connectivity index (χ2v) is 5.44. The minimum absolute atomic E-state index is 0.659. The first-order valence-corrected chi connectivity index (χ1v) is 6.74. The summed E-state index contributed by atoms with van der Waals surface area (Å²) in [5.41, 5.74) is 3.51. The Morgan fingerprint density at radius 3 is 2.95 bits per heavy atom. The lowest BCUT2D eigenvalue weighted by Crippen LogP contribution is -2.39.